The minimum Gasteiger partial charge on any atom is -0.418 e. The van der Waals surface area contributed by atoms with Gasteiger partial charge in [0.05, 0.1) is 7.05 Å². The number of halogens is 5. The van der Waals surface area contributed by atoms with E-state index in [1.165, 1.54) is 6.20 Å². The van der Waals surface area contributed by atoms with Gasteiger partial charge in [-0.25, -0.2) is 4.57 Å². The van der Waals surface area contributed by atoms with Gasteiger partial charge in [-0.05, 0) is 24.3 Å². The molecule has 0 saturated heterocycles. The van der Waals surface area contributed by atoms with Gasteiger partial charge in [-0.3, -0.25) is 0 Å². The van der Waals surface area contributed by atoms with Crippen LogP contribution in [0.15, 0.2) is 41.1 Å². The number of aromatic nitrogens is 2. The Morgan fingerprint density at radius 1 is 1.17 bits per heavy atom. The summed E-state index contributed by atoms with van der Waals surface area (Å²) in [7, 11) is -8.09. The molecule has 0 bridgehead atoms. The molecule has 0 aliphatic rings. The van der Waals surface area contributed by atoms with Gasteiger partial charge in [-0.15, -0.1) is 8.42 Å². The molecule has 0 aliphatic carbocycles. The molecule has 1 aromatic heterocycles. The molecule has 12 heteroatoms. The summed E-state index contributed by atoms with van der Waals surface area (Å²) < 4.78 is 71.8. The lowest BCUT2D eigenvalue weighted by Crippen LogP contribution is -2.32. The van der Waals surface area contributed by atoms with Crippen LogP contribution in [0.3, 0.4) is 0 Å². The topological polar surface area (TPSA) is 52.2 Å². The van der Waals surface area contributed by atoms with E-state index in [9.17, 15) is 25.7 Å². The highest BCUT2D eigenvalue weighted by atomic mass is 79.9. The first-order chi connectivity index (χ1) is 10.4. The molecule has 0 aliphatic heterocycles. The first-order valence-corrected chi connectivity index (χ1v) is 8.17. The first-order valence-electron chi connectivity index (χ1n) is 6.01. The fourth-order valence-electron chi connectivity index (χ4n) is 1.42. The van der Waals surface area contributed by atoms with Gasteiger partial charge in [0.25, 0.3) is 5.82 Å². The second-order valence-corrected chi connectivity index (χ2v) is 6.57. The third kappa shape index (κ3) is 6.61. The van der Waals surface area contributed by atoms with Crippen molar-refractivity contribution in [2.45, 2.75) is 6.92 Å². The Kier molecular flexibility index (Phi) is 6.22. The number of hydrogen-bond acceptors (Lipinski definition) is 3. The Hall–Kier alpha value is -1.56. The molecule has 5 nitrogen and oxygen atoms in total. The highest BCUT2D eigenvalue weighted by Gasteiger charge is 2.26. The molecule has 1 aromatic carbocycles. The summed E-state index contributed by atoms with van der Waals surface area (Å²) in [5.74, 6) is 0.834. The van der Waals surface area contributed by atoms with Gasteiger partial charge in [0, 0.05) is 11.4 Å². The molecule has 0 atom stereocenters. The highest BCUT2D eigenvalue weighted by molar-refractivity contribution is 9.10. The van der Waals surface area contributed by atoms with Crippen molar-refractivity contribution < 1.29 is 34.4 Å². The number of aryl methyl sites for hydroxylation is 1. The number of nitrogens with zero attached hydrogens (tertiary/aromatic N) is 2. The van der Waals surface area contributed by atoms with Crippen LogP contribution < -0.4 is 8.75 Å². The lowest BCUT2D eigenvalue weighted by atomic mass is 10.3. The average molecular weight is 419 g/mol. The van der Waals surface area contributed by atoms with Crippen molar-refractivity contribution in [2.75, 3.05) is 0 Å². The smallest absolute Gasteiger partial charge is 0.418 e. The van der Waals surface area contributed by atoms with Crippen molar-refractivity contribution in [3.05, 3.63) is 47.0 Å². The Bertz CT molecular complexity index is 757. The van der Waals surface area contributed by atoms with Crippen LogP contribution in [-0.4, -0.2) is 19.6 Å². The highest BCUT2D eigenvalue weighted by Crippen LogP contribution is 2.18. The summed E-state index contributed by atoms with van der Waals surface area (Å²) in [6.07, 6.45) is 3.10. The third-order valence-electron chi connectivity index (χ3n) is 2.51. The van der Waals surface area contributed by atoms with Crippen LogP contribution >= 0.6 is 15.9 Å². The molecule has 0 unspecified atom stereocenters. The van der Waals surface area contributed by atoms with E-state index in [1.807, 2.05) is 0 Å². The molecule has 0 saturated carbocycles. The van der Waals surface area contributed by atoms with Gasteiger partial charge in [-0.2, -0.15) is 0 Å². The number of benzene rings is 1. The van der Waals surface area contributed by atoms with E-state index >= 15 is 0 Å². The van der Waals surface area contributed by atoms with Crippen molar-refractivity contribution >= 4 is 33.5 Å². The van der Waals surface area contributed by atoms with Crippen LogP contribution in [-0.2, 0) is 17.4 Å². The monoisotopic (exact) mass is 418 g/mol. The van der Waals surface area contributed by atoms with Gasteiger partial charge in [0.15, 0.2) is 6.20 Å². The molecule has 2 aromatic rings. The predicted molar refractivity (Wildman–Crippen MR) is 79.6 cm³/mol. The van der Waals surface area contributed by atoms with Gasteiger partial charge >= 0.3 is 17.6 Å². The van der Waals surface area contributed by atoms with E-state index in [4.69, 9.17) is 4.18 Å². The maximum Gasteiger partial charge on any atom is 0.673 e. The minimum absolute atomic E-state index is 0.272. The summed E-state index contributed by atoms with van der Waals surface area (Å²) in [4.78, 5) is 0. The molecule has 0 spiro atoms. The second kappa shape index (κ2) is 7.34. The van der Waals surface area contributed by atoms with E-state index in [-0.39, 0.29) is 5.75 Å². The van der Waals surface area contributed by atoms with E-state index < -0.39 is 17.6 Å². The van der Waals surface area contributed by atoms with E-state index in [0.29, 0.717) is 5.82 Å². The summed E-state index contributed by atoms with van der Waals surface area (Å²) in [6.45, 7) is 1.70. The van der Waals surface area contributed by atoms with Crippen LogP contribution in [0.25, 0.3) is 0 Å². The van der Waals surface area contributed by atoms with Gasteiger partial charge in [0.1, 0.15) is 11.9 Å². The molecule has 0 N–H and O–H groups in total. The Balaban J connectivity index is 0.000000463. The van der Waals surface area contributed by atoms with Gasteiger partial charge < -0.3 is 21.4 Å². The van der Waals surface area contributed by atoms with Crippen LogP contribution in [0.4, 0.5) is 17.3 Å². The predicted octanol–water partition coefficient (Wildman–Crippen LogP) is 2.86. The molecule has 0 amide bonds. The average Bonchev–Trinajstić information content (AvgIpc) is 2.71. The second-order valence-electron chi connectivity index (χ2n) is 4.24. The molecular formula is C11H12BBrF4N2O3S. The molecule has 23 heavy (non-hydrogen) atoms. The van der Waals surface area contributed by atoms with Gasteiger partial charge in [-0.1, -0.05) is 19.9 Å². The van der Waals surface area contributed by atoms with Crippen molar-refractivity contribution in [3.8, 4) is 5.75 Å². The fraction of sp³-hybridized carbons (Fsp3) is 0.182. The van der Waals surface area contributed by atoms with Crippen LogP contribution in [0.2, 0.25) is 0 Å². The van der Waals surface area contributed by atoms with E-state index in [2.05, 4.69) is 15.9 Å². The third-order valence-corrected chi connectivity index (χ3v) is 4.31. The van der Waals surface area contributed by atoms with E-state index in [1.54, 1.807) is 49.0 Å². The zero-order valence-corrected chi connectivity index (χ0v) is 14.4. The molecule has 1 heterocycles. The lowest BCUT2D eigenvalue weighted by Gasteiger charge is -2.04. The maximum absolute atomic E-state index is 12.0. The summed E-state index contributed by atoms with van der Waals surface area (Å²) in [5, 5.41) is 0. The van der Waals surface area contributed by atoms with Crippen molar-refractivity contribution in [1.82, 2.24) is 3.97 Å². The first kappa shape index (κ1) is 19.5. The normalized spacial score (nSPS) is 11.6. The van der Waals surface area contributed by atoms with Crippen LogP contribution in [0.5, 0.6) is 5.75 Å². The van der Waals surface area contributed by atoms with Crippen LogP contribution in [0, 0.1) is 6.92 Å². The summed E-state index contributed by atoms with van der Waals surface area (Å²) in [6, 6.07) is 6.60. The zero-order valence-electron chi connectivity index (χ0n) is 12.0. The van der Waals surface area contributed by atoms with Crippen LogP contribution in [0.1, 0.15) is 5.82 Å². The Labute approximate surface area is 139 Å². The largest absolute Gasteiger partial charge is 0.673 e. The summed E-state index contributed by atoms with van der Waals surface area (Å²) >= 11 is 3.27. The molecular weight excluding hydrogens is 407 g/mol. The van der Waals surface area contributed by atoms with Gasteiger partial charge in [0.2, 0.25) is 0 Å². The summed E-state index contributed by atoms with van der Waals surface area (Å²) in [5.41, 5.74) is 0. The Morgan fingerprint density at radius 3 is 2.04 bits per heavy atom. The van der Waals surface area contributed by atoms with Crippen molar-refractivity contribution in [3.63, 3.8) is 0 Å². The zero-order chi connectivity index (χ0) is 17.8. The molecule has 128 valence electrons. The maximum atomic E-state index is 12.0. The number of imidazole rings is 1. The van der Waals surface area contributed by atoms with Crippen molar-refractivity contribution in [2.24, 2.45) is 7.05 Å². The lowest BCUT2D eigenvalue weighted by molar-refractivity contribution is -0.676. The fourth-order valence-corrected chi connectivity index (χ4v) is 2.77. The number of rotatable bonds is 3. The molecule has 0 fully saturated rings. The quantitative estimate of drug-likeness (QED) is 0.437. The minimum atomic E-state index is -6.00. The molecule has 2 rings (SSSR count). The number of hydrogen-bond donors (Lipinski definition) is 0. The Morgan fingerprint density at radius 2 is 1.65 bits per heavy atom. The molecule has 0 radical (unpaired) electrons. The standard InChI is InChI=1S/C11H12BrN2O3S.BF4/c1-9-13(2)7-8-14(9)18(15,16)17-11-5-3-10(12)4-6-11;2-1(3,4)5/h3-8H,1-2H3;/q+1;-1. The SMILES string of the molecule is Cc1n(S(=O)(=O)Oc2ccc(Br)cc2)cc[n+]1C.F[B-](F)(F)F. The van der Waals surface area contributed by atoms with Crippen molar-refractivity contribution in [1.29, 1.82) is 0 Å². The van der Waals surface area contributed by atoms with E-state index in [0.717, 1.165) is 8.45 Å².